The number of anilines is 1. The van der Waals surface area contributed by atoms with Crippen LogP contribution in [0.25, 0.3) is 0 Å². The highest BCUT2D eigenvalue weighted by Gasteiger charge is 2.14. The minimum Gasteiger partial charge on any atom is -0.477 e. The minimum atomic E-state index is -1.25. The number of carbonyl (C=O) groups is 2. The predicted molar refractivity (Wildman–Crippen MR) is 77.5 cm³/mol. The summed E-state index contributed by atoms with van der Waals surface area (Å²) in [5.74, 6) is -1.71. The zero-order chi connectivity index (χ0) is 15.4. The summed E-state index contributed by atoms with van der Waals surface area (Å²) >= 11 is 0. The molecule has 0 radical (unpaired) electrons. The van der Waals surface area contributed by atoms with Crippen LogP contribution >= 0.6 is 0 Å². The van der Waals surface area contributed by atoms with Crippen LogP contribution in [0.1, 0.15) is 16.1 Å². The molecule has 0 spiro atoms. The third-order valence-corrected chi connectivity index (χ3v) is 2.99. The number of hydrogen-bond acceptors (Lipinski definition) is 3. The van der Waals surface area contributed by atoms with E-state index in [1.54, 1.807) is 12.1 Å². The largest absolute Gasteiger partial charge is 0.477 e. The third-order valence-electron chi connectivity index (χ3n) is 2.99. The molecule has 6 heteroatoms. The Hall–Kier alpha value is -2.89. The molecule has 1 heterocycles. The molecule has 108 valence electrons. The highest BCUT2D eigenvalue weighted by atomic mass is 16.4. The summed E-state index contributed by atoms with van der Waals surface area (Å²) in [5, 5.41) is 11.7. The number of benzene rings is 1. The molecule has 0 saturated heterocycles. The molecular weight excluding hydrogens is 272 g/mol. The molecule has 0 bridgehead atoms. The smallest absolute Gasteiger partial charge is 0.352 e. The van der Waals surface area contributed by atoms with Gasteiger partial charge < -0.3 is 10.4 Å². The van der Waals surface area contributed by atoms with Gasteiger partial charge in [-0.3, -0.25) is 14.2 Å². The fourth-order valence-electron chi connectivity index (χ4n) is 1.92. The van der Waals surface area contributed by atoms with Crippen LogP contribution in [-0.4, -0.2) is 21.6 Å². The number of para-hydroxylation sites is 1. The Morgan fingerprint density at radius 2 is 1.86 bits per heavy atom. The molecule has 1 aromatic carbocycles. The zero-order valence-corrected chi connectivity index (χ0v) is 11.4. The number of amides is 1. The van der Waals surface area contributed by atoms with E-state index in [4.69, 9.17) is 5.11 Å². The van der Waals surface area contributed by atoms with Gasteiger partial charge >= 0.3 is 5.97 Å². The summed E-state index contributed by atoms with van der Waals surface area (Å²) in [6.07, 6.45) is 0. The number of hydrogen-bond donors (Lipinski definition) is 2. The van der Waals surface area contributed by atoms with Gasteiger partial charge in [0.1, 0.15) is 12.2 Å². The number of rotatable bonds is 4. The molecule has 6 nitrogen and oxygen atoms in total. The van der Waals surface area contributed by atoms with Gasteiger partial charge in [0.2, 0.25) is 5.91 Å². The fraction of sp³-hybridized carbons (Fsp3) is 0.133. The summed E-state index contributed by atoms with van der Waals surface area (Å²) in [5.41, 5.74) is 0.755. The van der Waals surface area contributed by atoms with Crippen LogP contribution in [0.15, 0.2) is 47.3 Å². The Bertz CT molecular complexity index is 749. The van der Waals surface area contributed by atoms with E-state index in [-0.39, 0.29) is 12.2 Å². The summed E-state index contributed by atoms with van der Waals surface area (Å²) in [6.45, 7) is 1.49. The van der Waals surface area contributed by atoms with Gasteiger partial charge in [0.25, 0.3) is 5.56 Å². The summed E-state index contributed by atoms with van der Waals surface area (Å²) in [6, 6.07) is 11.0. The second-order valence-electron chi connectivity index (χ2n) is 4.50. The van der Waals surface area contributed by atoms with E-state index < -0.39 is 17.4 Å². The van der Waals surface area contributed by atoms with Gasteiger partial charge in [0.15, 0.2) is 0 Å². The van der Waals surface area contributed by atoms with E-state index in [2.05, 4.69) is 5.32 Å². The van der Waals surface area contributed by atoms with Gasteiger partial charge in [-0.2, -0.15) is 0 Å². The Morgan fingerprint density at radius 1 is 1.14 bits per heavy atom. The van der Waals surface area contributed by atoms with Gasteiger partial charge in [-0.25, -0.2) is 4.79 Å². The van der Waals surface area contributed by atoms with Gasteiger partial charge in [-0.1, -0.05) is 24.3 Å². The molecule has 0 aliphatic rings. The van der Waals surface area contributed by atoms with Crippen LogP contribution in [0.4, 0.5) is 5.69 Å². The molecule has 0 unspecified atom stereocenters. The van der Waals surface area contributed by atoms with Crippen LogP contribution in [-0.2, 0) is 11.3 Å². The van der Waals surface area contributed by atoms with Crippen molar-refractivity contribution in [3.05, 3.63) is 64.1 Å². The van der Waals surface area contributed by atoms with E-state index in [1.807, 2.05) is 19.1 Å². The second kappa shape index (κ2) is 6.04. The van der Waals surface area contributed by atoms with E-state index >= 15 is 0 Å². The van der Waals surface area contributed by atoms with Gasteiger partial charge in [-0.15, -0.1) is 0 Å². The van der Waals surface area contributed by atoms with Crippen molar-refractivity contribution in [2.24, 2.45) is 0 Å². The van der Waals surface area contributed by atoms with Crippen molar-refractivity contribution in [1.82, 2.24) is 4.57 Å². The Morgan fingerprint density at radius 3 is 2.52 bits per heavy atom. The van der Waals surface area contributed by atoms with Crippen molar-refractivity contribution in [2.75, 3.05) is 5.32 Å². The van der Waals surface area contributed by atoms with Crippen molar-refractivity contribution in [1.29, 1.82) is 0 Å². The van der Waals surface area contributed by atoms with Crippen molar-refractivity contribution in [3.63, 3.8) is 0 Å². The maximum atomic E-state index is 12.0. The summed E-state index contributed by atoms with van der Waals surface area (Å²) in [7, 11) is 0. The molecule has 21 heavy (non-hydrogen) atoms. The Kier molecular flexibility index (Phi) is 4.18. The maximum Gasteiger partial charge on any atom is 0.352 e. The molecule has 0 fully saturated rings. The van der Waals surface area contributed by atoms with Crippen LogP contribution in [0.3, 0.4) is 0 Å². The highest BCUT2D eigenvalue weighted by molar-refractivity contribution is 5.92. The first-order valence-electron chi connectivity index (χ1n) is 6.27. The average molecular weight is 286 g/mol. The lowest BCUT2D eigenvalue weighted by molar-refractivity contribution is -0.116. The third kappa shape index (κ3) is 3.36. The predicted octanol–water partition coefficient (Wildman–Crippen LogP) is 1.49. The lowest BCUT2D eigenvalue weighted by Crippen LogP contribution is -2.31. The van der Waals surface area contributed by atoms with E-state index in [0.29, 0.717) is 5.69 Å². The number of nitrogens with zero attached hydrogens (tertiary/aromatic N) is 1. The van der Waals surface area contributed by atoms with Crippen molar-refractivity contribution in [3.8, 4) is 0 Å². The number of carbonyl (C=O) groups excluding carboxylic acids is 1. The molecule has 0 saturated carbocycles. The number of aryl methyl sites for hydroxylation is 1. The van der Waals surface area contributed by atoms with Crippen molar-refractivity contribution in [2.45, 2.75) is 13.5 Å². The topological polar surface area (TPSA) is 88.4 Å². The standard InChI is InChI=1S/C15H14N2O4/c1-10-5-2-3-6-11(10)16-13(18)9-17-12(15(20)21)7-4-8-14(17)19/h2-8H,9H2,1H3,(H,16,18)(H,20,21). The SMILES string of the molecule is Cc1ccccc1NC(=O)Cn1c(C(=O)O)cccc1=O. The van der Waals surface area contributed by atoms with Gasteiger partial charge in [0.05, 0.1) is 0 Å². The van der Waals surface area contributed by atoms with Crippen LogP contribution in [0.2, 0.25) is 0 Å². The first kappa shape index (κ1) is 14.5. The second-order valence-corrected chi connectivity index (χ2v) is 4.50. The lowest BCUT2D eigenvalue weighted by atomic mass is 10.2. The van der Waals surface area contributed by atoms with Crippen LogP contribution in [0.5, 0.6) is 0 Å². The van der Waals surface area contributed by atoms with Gasteiger partial charge in [-0.05, 0) is 24.6 Å². The van der Waals surface area contributed by atoms with Crippen LogP contribution in [0, 0.1) is 6.92 Å². The quantitative estimate of drug-likeness (QED) is 0.891. The molecular formula is C15H14N2O4. The summed E-state index contributed by atoms with van der Waals surface area (Å²) < 4.78 is 0.927. The van der Waals surface area contributed by atoms with Crippen molar-refractivity contribution < 1.29 is 14.7 Å². The number of carboxylic acids is 1. The van der Waals surface area contributed by atoms with E-state index in [0.717, 1.165) is 10.1 Å². The highest BCUT2D eigenvalue weighted by Crippen LogP contribution is 2.13. The molecule has 1 amide bonds. The Labute approximate surface area is 120 Å². The number of nitrogens with one attached hydrogen (secondary N) is 1. The van der Waals surface area contributed by atoms with E-state index in [9.17, 15) is 14.4 Å². The number of carboxylic acid groups (broad SMARTS) is 1. The molecule has 0 aliphatic carbocycles. The zero-order valence-electron chi connectivity index (χ0n) is 11.4. The molecule has 0 aliphatic heterocycles. The maximum absolute atomic E-state index is 12.0. The molecule has 2 rings (SSSR count). The number of aromatic nitrogens is 1. The summed E-state index contributed by atoms with van der Waals surface area (Å²) in [4.78, 5) is 34.8. The first-order valence-corrected chi connectivity index (χ1v) is 6.27. The monoisotopic (exact) mass is 286 g/mol. The Balaban J connectivity index is 2.23. The normalized spacial score (nSPS) is 10.1. The first-order chi connectivity index (χ1) is 9.99. The molecule has 0 atom stereocenters. The fourth-order valence-corrected chi connectivity index (χ4v) is 1.92. The number of aromatic carboxylic acids is 1. The average Bonchev–Trinajstić information content (AvgIpc) is 2.43. The van der Waals surface area contributed by atoms with Crippen LogP contribution < -0.4 is 10.9 Å². The van der Waals surface area contributed by atoms with Gasteiger partial charge in [0, 0.05) is 11.8 Å². The van der Waals surface area contributed by atoms with Crippen molar-refractivity contribution >= 4 is 17.6 Å². The molecule has 1 aromatic heterocycles. The van der Waals surface area contributed by atoms with E-state index in [1.165, 1.54) is 18.2 Å². The lowest BCUT2D eigenvalue weighted by Gasteiger charge is -2.11. The molecule has 2 aromatic rings. The molecule has 2 N–H and O–H groups in total. The number of pyridine rings is 1. The minimum absolute atomic E-state index is 0.220.